The van der Waals surface area contributed by atoms with Crippen LogP contribution in [0, 0.1) is 0 Å². The molecule has 0 bridgehead atoms. The second kappa shape index (κ2) is 17.6. The summed E-state index contributed by atoms with van der Waals surface area (Å²) >= 11 is 0. The molecule has 20 rings (SSSR count). The summed E-state index contributed by atoms with van der Waals surface area (Å²) < 4.78 is 13.6. The zero-order chi connectivity index (χ0) is 59.5. The van der Waals surface area contributed by atoms with Crippen molar-refractivity contribution in [3.05, 3.63) is 317 Å². The van der Waals surface area contributed by atoms with Crippen LogP contribution in [-0.2, 0) is 16.2 Å². The summed E-state index contributed by atoms with van der Waals surface area (Å²) in [4.78, 5) is 2.61. The maximum Gasteiger partial charge on any atom is 0.143 e. The first-order valence-corrected chi connectivity index (χ1v) is 31.6. The number of anilines is 3. The standard InChI is InChI=1S/C87H57NO2/c1-85(2)73-46-50(42-44-65(73)80-58-28-7-5-22-52(58)67(48-75(80)85)62-33-19-31-60-56-26-12-17-40-78(56)89-83(60)62)88(77-39-21-38-72-82(77)64-30-11-16-37-71(64)87(72)69-35-14-9-24-54(69)55-25-10-15-36-70(55)87)51-43-45-66-74(47-51)86(3,4)76-49-68(53-23-6-8-29-59(53)81(66)76)63-34-20-32-61-57-27-13-18-41-79(57)90-84(61)63/h5-49H,1-4H3. The number of benzene rings is 14. The van der Waals surface area contributed by atoms with Gasteiger partial charge in [0, 0.05) is 60.4 Å². The monoisotopic (exact) mass is 1150 g/mol. The van der Waals surface area contributed by atoms with E-state index in [1.165, 1.54) is 122 Å². The molecule has 90 heavy (non-hydrogen) atoms. The number of fused-ring (bicyclic) bond motifs is 26. The van der Waals surface area contributed by atoms with Gasteiger partial charge in [-0.05, 0) is 171 Å². The molecule has 0 N–H and O–H groups in total. The van der Waals surface area contributed by atoms with Gasteiger partial charge in [0.15, 0.2) is 0 Å². The minimum Gasteiger partial charge on any atom is -0.455 e. The Morgan fingerprint density at radius 3 is 1.11 bits per heavy atom. The van der Waals surface area contributed by atoms with E-state index in [-0.39, 0.29) is 10.8 Å². The van der Waals surface area contributed by atoms with E-state index in [4.69, 9.17) is 8.83 Å². The van der Waals surface area contributed by atoms with Gasteiger partial charge >= 0.3 is 0 Å². The molecule has 0 aliphatic heterocycles. The van der Waals surface area contributed by atoms with Gasteiger partial charge in [-0.1, -0.05) is 246 Å². The first kappa shape index (κ1) is 50.0. The molecule has 0 unspecified atom stereocenters. The van der Waals surface area contributed by atoms with E-state index in [1.54, 1.807) is 0 Å². The van der Waals surface area contributed by atoms with E-state index >= 15 is 0 Å². The van der Waals surface area contributed by atoms with Gasteiger partial charge in [-0.2, -0.15) is 0 Å². The second-order valence-electron chi connectivity index (χ2n) is 26.5. The Bertz CT molecular complexity index is 5570. The Hall–Kier alpha value is -11.0. The van der Waals surface area contributed by atoms with Crippen molar-refractivity contribution >= 4 is 82.5 Å². The van der Waals surface area contributed by atoms with Crippen molar-refractivity contribution in [3.8, 4) is 66.8 Å². The minimum atomic E-state index is -0.513. The van der Waals surface area contributed by atoms with Gasteiger partial charge in [0.1, 0.15) is 22.3 Å². The number of nitrogens with zero attached hydrogens (tertiary/aromatic N) is 1. The van der Waals surface area contributed by atoms with Crippen molar-refractivity contribution in [1.82, 2.24) is 0 Å². The molecular formula is C87H57NO2. The third-order valence-electron chi connectivity index (χ3n) is 21.5. The van der Waals surface area contributed by atoms with Crippen molar-refractivity contribution in [1.29, 1.82) is 0 Å². The number of hydrogen-bond donors (Lipinski definition) is 0. The molecular weight excluding hydrogens is 1090 g/mol. The molecule has 14 aromatic carbocycles. The molecule has 0 amide bonds. The highest BCUT2D eigenvalue weighted by Crippen LogP contribution is 2.66. The predicted molar refractivity (Wildman–Crippen MR) is 373 cm³/mol. The number of furan rings is 2. The summed E-state index contributed by atoms with van der Waals surface area (Å²) in [7, 11) is 0. The quantitative estimate of drug-likeness (QED) is 0.172. The zero-order valence-electron chi connectivity index (χ0n) is 50.2. The van der Waals surface area contributed by atoms with Gasteiger partial charge in [-0.25, -0.2) is 0 Å². The number of hydrogen-bond acceptors (Lipinski definition) is 3. The van der Waals surface area contributed by atoms with Gasteiger partial charge in [0.25, 0.3) is 0 Å². The van der Waals surface area contributed by atoms with Gasteiger partial charge in [0.2, 0.25) is 0 Å². The average molecular weight is 1150 g/mol. The van der Waals surface area contributed by atoms with Gasteiger partial charge in [-0.3, -0.25) is 0 Å². The van der Waals surface area contributed by atoms with Crippen LogP contribution in [0.15, 0.2) is 282 Å². The van der Waals surface area contributed by atoms with Crippen LogP contribution in [-0.4, -0.2) is 0 Å². The highest BCUT2D eigenvalue weighted by molar-refractivity contribution is 6.18. The second-order valence-corrected chi connectivity index (χ2v) is 26.5. The Morgan fingerprint density at radius 2 is 0.611 bits per heavy atom. The molecule has 16 aromatic rings. The lowest BCUT2D eigenvalue weighted by atomic mass is 9.70. The lowest BCUT2D eigenvalue weighted by molar-refractivity contribution is 0.660. The molecule has 3 heteroatoms. The predicted octanol–water partition coefficient (Wildman–Crippen LogP) is 23.6. The third kappa shape index (κ3) is 6.29. The molecule has 3 nitrogen and oxygen atoms in total. The average Bonchev–Trinajstić information content (AvgIpc) is 1.52. The molecule has 2 aromatic heterocycles. The molecule has 0 fully saturated rings. The van der Waals surface area contributed by atoms with Crippen molar-refractivity contribution in [3.63, 3.8) is 0 Å². The normalized spacial score (nSPS) is 14.7. The van der Waals surface area contributed by atoms with Gasteiger partial charge in [-0.15, -0.1) is 0 Å². The Kier molecular flexibility index (Phi) is 9.80. The molecule has 1 spiro atoms. The number of para-hydroxylation sites is 4. The summed E-state index contributed by atoms with van der Waals surface area (Å²) in [6.07, 6.45) is 0. The van der Waals surface area contributed by atoms with E-state index in [9.17, 15) is 0 Å². The summed E-state index contributed by atoms with van der Waals surface area (Å²) in [5, 5.41) is 9.48. The van der Waals surface area contributed by atoms with Crippen LogP contribution >= 0.6 is 0 Å². The first-order valence-electron chi connectivity index (χ1n) is 31.6. The molecule has 422 valence electrons. The minimum absolute atomic E-state index is 0.382. The molecule has 4 aliphatic rings. The van der Waals surface area contributed by atoms with Crippen LogP contribution < -0.4 is 4.90 Å². The Labute approximate surface area is 521 Å². The first-order chi connectivity index (χ1) is 44.2. The maximum atomic E-state index is 6.78. The van der Waals surface area contributed by atoms with Gasteiger partial charge in [0.05, 0.1) is 11.1 Å². The van der Waals surface area contributed by atoms with E-state index in [0.29, 0.717) is 0 Å². The van der Waals surface area contributed by atoms with Gasteiger partial charge < -0.3 is 13.7 Å². The van der Waals surface area contributed by atoms with Crippen molar-refractivity contribution in [2.24, 2.45) is 0 Å². The fraction of sp³-hybridized carbons (Fsp3) is 0.0805. The van der Waals surface area contributed by atoms with Crippen molar-refractivity contribution in [2.45, 2.75) is 43.9 Å². The lowest BCUT2D eigenvalue weighted by Crippen LogP contribution is -2.26. The topological polar surface area (TPSA) is 29.5 Å². The molecule has 0 radical (unpaired) electrons. The van der Waals surface area contributed by atoms with E-state index in [1.807, 2.05) is 0 Å². The molecule has 4 aliphatic carbocycles. The van der Waals surface area contributed by atoms with Crippen LogP contribution in [0.5, 0.6) is 0 Å². The van der Waals surface area contributed by atoms with Crippen LogP contribution in [0.3, 0.4) is 0 Å². The molecule has 0 atom stereocenters. The highest BCUT2D eigenvalue weighted by Gasteiger charge is 2.53. The maximum absolute atomic E-state index is 6.78. The third-order valence-corrected chi connectivity index (χ3v) is 21.5. The zero-order valence-corrected chi connectivity index (χ0v) is 50.2. The molecule has 0 saturated carbocycles. The summed E-state index contributed by atoms with van der Waals surface area (Å²) in [5.74, 6) is 0. The van der Waals surface area contributed by atoms with Crippen molar-refractivity contribution in [2.75, 3.05) is 4.90 Å². The summed E-state index contributed by atoms with van der Waals surface area (Å²) in [6.45, 7) is 9.74. The Balaban J connectivity index is 0.814. The van der Waals surface area contributed by atoms with E-state index < -0.39 is 5.41 Å². The van der Waals surface area contributed by atoms with E-state index in [0.717, 1.165) is 72.1 Å². The van der Waals surface area contributed by atoms with Crippen LogP contribution in [0.4, 0.5) is 17.1 Å². The fourth-order valence-corrected chi connectivity index (χ4v) is 17.5. The molecule has 0 saturated heterocycles. The number of rotatable bonds is 5. The largest absolute Gasteiger partial charge is 0.455 e. The molecule has 2 heterocycles. The summed E-state index contributed by atoms with van der Waals surface area (Å²) in [6, 6.07) is 103. The fourth-order valence-electron chi connectivity index (χ4n) is 17.5. The van der Waals surface area contributed by atoms with Crippen LogP contribution in [0.25, 0.3) is 132 Å². The van der Waals surface area contributed by atoms with Crippen LogP contribution in [0.1, 0.15) is 72.2 Å². The van der Waals surface area contributed by atoms with Crippen LogP contribution in [0.2, 0.25) is 0 Å². The Morgan fingerprint density at radius 1 is 0.244 bits per heavy atom. The highest BCUT2D eigenvalue weighted by atomic mass is 16.3. The lowest BCUT2D eigenvalue weighted by Gasteiger charge is -2.33. The summed E-state index contributed by atoms with van der Waals surface area (Å²) in [5.41, 5.74) is 31.2. The SMILES string of the molecule is CC1(C)c2cc(N(c3ccc4c(c3)C(C)(C)c3cc(-c5cccc6c5oc5ccccc56)c5ccccc5c3-4)c3cccc4c3-c3ccccc3C43c4ccccc4-c4ccccc43)ccc2-c2c1cc(-c1cccc3c1oc1ccccc13)c1ccccc21. The van der Waals surface area contributed by atoms with Crippen molar-refractivity contribution < 1.29 is 8.83 Å². The smallest absolute Gasteiger partial charge is 0.143 e. The van der Waals surface area contributed by atoms with E-state index in [2.05, 4.69) is 306 Å².